The number of ether oxygens (including phenoxy) is 3. The van der Waals surface area contributed by atoms with Crippen molar-refractivity contribution < 1.29 is 28.6 Å². The maximum absolute atomic E-state index is 12.8. The molecular formula is C56H102O6. The average Bonchev–Trinajstić information content (AvgIpc) is 3.27. The van der Waals surface area contributed by atoms with Gasteiger partial charge in [-0.05, 0) is 70.6 Å². The van der Waals surface area contributed by atoms with Gasteiger partial charge < -0.3 is 14.2 Å². The van der Waals surface area contributed by atoms with Gasteiger partial charge >= 0.3 is 17.9 Å². The molecule has 1 unspecified atom stereocenters. The minimum atomic E-state index is -0.777. The van der Waals surface area contributed by atoms with Crippen LogP contribution in [0.15, 0.2) is 36.5 Å². The van der Waals surface area contributed by atoms with Crippen molar-refractivity contribution in [3.63, 3.8) is 0 Å². The van der Waals surface area contributed by atoms with Crippen LogP contribution in [0.4, 0.5) is 0 Å². The average molecular weight is 871 g/mol. The first-order valence-corrected chi connectivity index (χ1v) is 27.0. The van der Waals surface area contributed by atoms with E-state index in [0.717, 1.165) is 70.6 Å². The highest BCUT2D eigenvalue weighted by molar-refractivity contribution is 5.71. The van der Waals surface area contributed by atoms with Gasteiger partial charge in [0.1, 0.15) is 13.2 Å². The lowest BCUT2D eigenvalue weighted by atomic mass is 10.0. The quantitative estimate of drug-likeness (QED) is 0.0199. The van der Waals surface area contributed by atoms with Crippen LogP contribution in [0.1, 0.15) is 284 Å². The van der Waals surface area contributed by atoms with Crippen LogP contribution in [0.5, 0.6) is 0 Å². The molecule has 0 saturated heterocycles. The highest BCUT2D eigenvalue weighted by Crippen LogP contribution is 2.15. The van der Waals surface area contributed by atoms with E-state index in [4.69, 9.17) is 14.2 Å². The van der Waals surface area contributed by atoms with Crippen molar-refractivity contribution in [2.24, 2.45) is 0 Å². The summed E-state index contributed by atoms with van der Waals surface area (Å²) in [5.74, 6) is -0.884. The Kier molecular flexibility index (Phi) is 49.3. The second-order valence-electron chi connectivity index (χ2n) is 18.2. The minimum Gasteiger partial charge on any atom is -0.462 e. The summed E-state index contributed by atoms with van der Waals surface area (Å²) in [6.07, 6.45) is 59.8. The van der Waals surface area contributed by atoms with Crippen LogP contribution in [0, 0.1) is 0 Å². The number of carbonyl (C=O) groups is 3. The molecule has 0 fully saturated rings. The molecule has 1 atom stereocenters. The summed E-state index contributed by atoms with van der Waals surface area (Å²) in [4.78, 5) is 38.0. The Bertz CT molecular complexity index is 1050. The van der Waals surface area contributed by atoms with Crippen LogP contribution < -0.4 is 0 Å². The first-order chi connectivity index (χ1) is 30.5. The molecule has 0 aromatic rings. The molecule has 0 amide bonds. The highest BCUT2D eigenvalue weighted by atomic mass is 16.6. The zero-order valence-corrected chi connectivity index (χ0v) is 41.4. The van der Waals surface area contributed by atoms with Crippen LogP contribution >= 0.6 is 0 Å². The molecule has 0 bridgehead atoms. The molecule has 0 heterocycles. The van der Waals surface area contributed by atoms with E-state index >= 15 is 0 Å². The van der Waals surface area contributed by atoms with Crippen molar-refractivity contribution in [1.82, 2.24) is 0 Å². The van der Waals surface area contributed by atoms with Gasteiger partial charge in [-0.3, -0.25) is 14.4 Å². The maximum atomic E-state index is 12.8. The smallest absolute Gasteiger partial charge is 0.306 e. The Balaban J connectivity index is 4.32. The summed E-state index contributed by atoms with van der Waals surface area (Å²) in [7, 11) is 0. The summed E-state index contributed by atoms with van der Waals surface area (Å²) in [6.45, 7) is 6.61. The fourth-order valence-corrected chi connectivity index (χ4v) is 7.78. The summed E-state index contributed by atoms with van der Waals surface area (Å²) < 4.78 is 16.8. The molecule has 62 heavy (non-hydrogen) atoms. The number of allylic oxidation sites excluding steroid dienone is 6. The van der Waals surface area contributed by atoms with E-state index in [1.54, 1.807) is 0 Å². The number of unbranched alkanes of at least 4 members (excludes halogenated alkanes) is 33. The second-order valence-corrected chi connectivity index (χ2v) is 18.2. The standard InChI is InChI=1S/C56H102O6/c1-4-7-10-13-16-19-22-25-26-27-28-29-30-32-34-37-40-43-46-49-55(58)61-52-53(51-60-54(57)48-45-42-39-36-33-24-21-18-15-12-9-6-3)62-56(59)50-47-44-41-38-35-31-23-20-17-14-11-8-5-2/h16,19,22,25,31,35,53H,4-15,17-18,20-21,23-24,26-30,32-34,36-52H2,1-3H3/b19-16-,25-22-,35-31-. The number of rotatable bonds is 49. The van der Waals surface area contributed by atoms with Gasteiger partial charge in [-0.2, -0.15) is 0 Å². The number of hydrogen-bond donors (Lipinski definition) is 0. The van der Waals surface area contributed by atoms with Gasteiger partial charge in [-0.1, -0.05) is 231 Å². The molecule has 0 radical (unpaired) electrons. The van der Waals surface area contributed by atoms with E-state index in [2.05, 4.69) is 57.2 Å². The number of hydrogen-bond acceptors (Lipinski definition) is 6. The maximum Gasteiger partial charge on any atom is 0.306 e. The van der Waals surface area contributed by atoms with Gasteiger partial charge in [0.25, 0.3) is 0 Å². The predicted molar refractivity (Wildman–Crippen MR) is 266 cm³/mol. The summed E-state index contributed by atoms with van der Waals surface area (Å²) in [5.41, 5.74) is 0. The summed E-state index contributed by atoms with van der Waals surface area (Å²) in [5, 5.41) is 0. The molecule has 0 aliphatic heterocycles. The normalized spacial score (nSPS) is 12.2. The SMILES string of the molecule is CCCCC/C=C\C=C/CCCCCCCCCCCCC(=O)OCC(COC(=O)CCCCCCCCCCCCCC)OC(=O)CCCCC/C=C\CCCCCCCC. The highest BCUT2D eigenvalue weighted by Gasteiger charge is 2.19. The minimum absolute atomic E-state index is 0.0760. The molecule has 362 valence electrons. The van der Waals surface area contributed by atoms with Gasteiger partial charge in [0, 0.05) is 19.3 Å². The fourth-order valence-electron chi connectivity index (χ4n) is 7.78. The number of carbonyl (C=O) groups excluding carboxylic acids is 3. The lowest BCUT2D eigenvalue weighted by Gasteiger charge is -2.18. The fraction of sp³-hybridized carbons (Fsp3) is 0.839. The predicted octanol–water partition coefficient (Wildman–Crippen LogP) is 17.7. The molecule has 0 aliphatic carbocycles. The first-order valence-electron chi connectivity index (χ1n) is 27.0. The van der Waals surface area contributed by atoms with Gasteiger partial charge in [0.2, 0.25) is 0 Å². The largest absolute Gasteiger partial charge is 0.462 e. The van der Waals surface area contributed by atoms with Crippen molar-refractivity contribution in [3.8, 4) is 0 Å². The van der Waals surface area contributed by atoms with E-state index in [0.29, 0.717) is 19.3 Å². The summed E-state index contributed by atoms with van der Waals surface area (Å²) in [6, 6.07) is 0. The van der Waals surface area contributed by atoms with Crippen LogP contribution in [0.25, 0.3) is 0 Å². The van der Waals surface area contributed by atoms with Gasteiger partial charge in [-0.25, -0.2) is 0 Å². The summed E-state index contributed by atoms with van der Waals surface area (Å²) >= 11 is 0. The van der Waals surface area contributed by atoms with Crippen molar-refractivity contribution in [3.05, 3.63) is 36.5 Å². The Labute approximate surface area is 385 Å². The Morgan fingerprint density at radius 3 is 0.952 bits per heavy atom. The molecule has 0 spiro atoms. The monoisotopic (exact) mass is 871 g/mol. The topological polar surface area (TPSA) is 78.9 Å². The van der Waals surface area contributed by atoms with Gasteiger partial charge in [0.15, 0.2) is 6.10 Å². The van der Waals surface area contributed by atoms with Gasteiger partial charge in [-0.15, -0.1) is 0 Å². The van der Waals surface area contributed by atoms with E-state index in [9.17, 15) is 14.4 Å². The third-order valence-electron chi connectivity index (χ3n) is 11.9. The molecule has 0 aromatic carbocycles. The van der Waals surface area contributed by atoms with Crippen molar-refractivity contribution in [1.29, 1.82) is 0 Å². The lowest BCUT2D eigenvalue weighted by Crippen LogP contribution is -2.30. The van der Waals surface area contributed by atoms with Crippen molar-refractivity contribution in [2.45, 2.75) is 290 Å². The molecule has 0 aliphatic rings. The van der Waals surface area contributed by atoms with Crippen LogP contribution in [-0.4, -0.2) is 37.2 Å². The first kappa shape index (κ1) is 59.6. The van der Waals surface area contributed by atoms with Crippen LogP contribution in [0.3, 0.4) is 0 Å². The van der Waals surface area contributed by atoms with Crippen molar-refractivity contribution in [2.75, 3.05) is 13.2 Å². The van der Waals surface area contributed by atoms with Gasteiger partial charge in [0.05, 0.1) is 0 Å². The second kappa shape index (κ2) is 51.3. The third-order valence-corrected chi connectivity index (χ3v) is 11.9. The Hall–Kier alpha value is -2.37. The van der Waals surface area contributed by atoms with E-state index in [1.807, 2.05) is 0 Å². The number of esters is 3. The lowest BCUT2D eigenvalue weighted by molar-refractivity contribution is -0.167. The Morgan fingerprint density at radius 1 is 0.323 bits per heavy atom. The molecule has 0 rings (SSSR count). The zero-order valence-electron chi connectivity index (χ0n) is 41.4. The van der Waals surface area contributed by atoms with E-state index in [-0.39, 0.29) is 31.1 Å². The Morgan fingerprint density at radius 2 is 0.581 bits per heavy atom. The van der Waals surface area contributed by atoms with E-state index in [1.165, 1.54) is 173 Å². The zero-order chi connectivity index (χ0) is 45.1. The molecule has 0 saturated carbocycles. The van der Waals surface area contributed by atoms with Crippen LogP contribution in [0.2, 0.25) is 0 Å². The molecule has 0 aromatic heterocycles. The molecular weight excluding hydrogens is 769 g/mol. The third kappa shape index (κ3) is 48.7. The van der Waals surface area contributed by atoms with E-state index < -0.39 is 6.10 Å². The molecule has 6 nitrogen and oxygen atoms in total. The molecule has 0 N–H and O–H groups in total. The molecule has 6 heteroatoms. The van der Waals surface area contributed by atoms with Crippen molar-refractivity contribution >= 4 is 17.9 Å². The van der Waals surface area contributed by atoms with Crippen LogP contribution in [-0.2, 0) is 28.6 Å².